The van der Waals surface area contributed by atoms with Gasteiger partial charge in [-0.05, 0) is 73.4 Å². The molecule has 2 aliphatic rings. The molecule has 6 unspecified atom stereocenters. The summed E-state index contributed by atoms with van der Waals surface area (Å²) < 4.78 is 5.69. The summed E-state index contributed by atoms with van der Waals surface area (Å²) >= 11 is 0. The largest absolute Gasteiger partial charge is 0.508 e. The number of aromatic hydroxyl groups is 1. The van der Waals surface area contributed by atoms with Crippen LogP contribution in [0.15, 0.2) is 54.6 Å². The van der Waals surface area contributed by atoms with Gasteiger partial charge in [0, 0.05) is 20.1 Å². The number of phenols is 1. The molecule has 0 radical (unpaired) electrons. The molecule has 0 aromatic heterocycles. The van der Waals surface area contributed by atoms with Crippen LogP contribution in [-0.4, -0.2) is 71.6 Å². The Bertz CT molecular complexity index is 1440. The topological polar surface area (TPSA) is 149 Å². The molecule has 2 aromatic carbocycles. The molecule has 47 heavy (non-hydrogen) atoms. The van der Waals surface area contributed by atoms with Crippen molar-refractivity contribution in [1.29, 1.82) is 0 Å². The number of ether oxygens (including phenoxy) is 1. The Balaban J connectivity index is 1.66. The van der Waals surface area contributed by atoms with E-state index in [0.29, 0.717) is 37.8 Å². The van der Waals surface area contributed by atoms with Crippen LogP contribution in [0.2, 0.25) is 0 Å². The lowest BCUT2D eigenvalue weighted by Gasteiger charge is -2.36. The second-order valence-electron chi connectivity index (χ2n) is 12.9. The van der Waals surface area contributed by atoms with E-state index < -0.39 is 35.9 Å². The van der Waals surface area contributed by atoms with Gasteiger partial charge in [-0.2, -0.15) is 0 Å². The number of nitrogens with one attached hydrogen (secondary N) is 4. The van der Waals surface area contributed by atoms with Gasteiger partial charge in [0.15, 0.2) is 0 Å². The van der Waals surface area contributed by atoms with Gasteiger partial charge in [-0.25, -0.2) is 5.43 Å². The number of fused-ring (bicyclic) bond motifs is 4. The minimum atomic E-state index is -1.03. The molecule has 2 aliphatic heterocycles. The van der Waals surface area contributed by atoms with Crippen LogP contribution in [0.25, 0.3) is 6.08 Å². The molecule has 5 N–H and O–H groups in total. The average Bonchev–Trinajstić information content (AvgIpc) is 3.05. The number of phenolic OH excluding ortho intramolecular Hbond substituents is 1. The molecule has 0 spiro atoms. The summed E-state index contributed by atoms with van der Waals surface area (Å²) in [6.45, 7) is 7.71. The highest BCUT2D eigenvalue weighted by molar-refractivity contribution is 5.93. The smallest absolute Gasteiger partial charge is 0.259 e. The van der Waals surface area contributed by atoms with Gasteiger partial charge in [-0.3, -0.25) is 24.2 Å². The fourth-order valence-electron chi connectivity index (χ4n) is 6.07. The van der Waals surface area contributed by atoms with Crippen molar-refractivity contribution < 1.29 is 29.0 Å². The van der Waals surface area contributed by atoms with Crippen LogP contribution >= 0.6 is 0 Å². The molecule has 0 saturated carbocycles. The molecule has 11 nitrogen and oxygen atoms in total. The minimum absolute atomic E-state index is 0.0386. The zero-order chi connectivity index (χ0) is 34.1. The summed E-state index contributed by atoms with van der Waals surface area (Å²) in [6, 6.07) is 11.6. The number of rotatable bonds is 4. The van der Waals surface area contributed by atoms with E-state index in [1.165, 1.54) is 11.1 Å². The highest BCUT2D eigenvalue weighted by Gasteiger charge is 2.36. The summed E-state index contributed by atoms with van der Waals surface area (Å²) in [6.07, 6.45) is 6.15. The maximum Gasteiger partial charge on any atom is 0.259 e. The van der Waals surface area contributed by atoms with Gasteiger partial charge in [-0.1, -0.05) is 63.3 Å². The Kier molecular flexibility index (Phi) is 12.6. The first-order valence-corrected chi connectivity index (χ1v) is 16.5. The summed E-state index contributed by atoms with van der Waals surface area (Å²) in [7, 11) is 1.57. The summed E-state index contributed by atoms with van der Waals surface area (Å²) in [5, 5.41) is 20.3. The lowest BCUT2D eigenvalue weighted by molar-refractivity contribution is -0.144. The van der Waals surface area contributed by atoms with Gasteiger partial charge in [0.25, 0.3) is 5.91 Å². The fraction of sp³-hybridized carbons (Fsp3) is 0.500. The summed E-state index contributed by atoms with van der Waals surface area (Å²) in [5.41, 5.74) is 5.67. The van der Waals surface area contributed by atoms with Crippen LogP contribution in [0.1, 0.15) is 76.1 Å². The number of hydrogen-bond donors (Lipinski definition) is 5. The molecular weight excluding hydrogens is 598 g/mol. The number of nitrogens with zero attached hydrogens (tertiary/aromatic N) is 1. The van der Waals surface area contributed by atoms with Crippen LogP contribution in [-0.2, 0) is 30.3 Å². The van der Waals surface area contributed by atoms with Gasteiger partial charge in [0.05, 0.1) is 18.1 Å². The van der Waals surface area contributed by atoms with E-state index in [1.807, 2.05) is 57.2 Å². The van der Waals surface area contributed by atoms with Crippen LogP contribution in [0.4, 0.5) is 0 Å². The monoisotopic (exact) mass is 647 g/mol. The number of hydrazine groups is 1. The second kappa shape index (κ2) is 16.6. The molecule has 4 bridgehead atoms. The van der Waals surface area contributed by atoms with Crippen LogP contribution in [0, 0.1) is 11.8 Å². The number of hydrogen-bond acceptors (Lipinski definition) is 7. The third-order valence-corrected chi connectivity index (χ3v) is 8.95. The molecule has 11 heteroatoms. The number of carbonyl (C=O) groups excluding carboxylic acids is 4. The predicted molar refractivity (Wildman–Crippen MR) is 180 cm³/mol. The van der Waals surface area contributed by atoms with Crippen molar-refractivity contribution in [3.8, 4) is 5.75 Å². The Hall–Kier alpha value is -4.22. The molecule has 2 aromatic rings. The zero-order valence-corrected chi connectivity index (χ0v) is 28.0. The third kappa shape index (κ3) is 9.65. The van der Waals surface area contributed by atoms with Crippen molar-refractivity contribution in [2.75, 3.05) is 13.7 Å². The standard InChI is InChI=1S/C36H49N5O6/c1-22(2)32-35(45)38-30(21-26-13-9-15-28(42)20-26)36(46)41-18-10-16-29(40-41)34(44)37-24(4)27-14-8-12-25(19-27)11-6-7-17-31(47-5)23(3)33(43)39-32/h6,8-9,11-15,19-20,22-24,29-32,40,42H,7,10,16-18,21H2,1-5H3,(H,37,44)(H,38,45)(H,39,43). The Labute approximate surface area is 277 Å². The molecule has 6 atom stereocenters. The van der Waals surface area contributed by atoms with E-state index in [9.17, 15) is 24.3 Å². The molecule has 1 saturated heterocycles. The maximum absolute atomic E-state index is 14.0. The number of amides is 4. The summed E-state index contributed by atoms with van der Waals surface area (Å²) in [4.78, 5) is 54.7. The first-order chi connectivity index (χ1) is 22.5. The molecular formula is C36H49N5O6. The van der Waals surface area contributed by atoms with Crippen molar-refractivity contribution in [3.05, 3.63) is 71.3 Å². The lowest BCUT2D eigenvalue weighted by atomic mass is 9.96. The molecule has 0 aliphatic carbocycles. The van der Waals surface area contributed by atoms with E-state index in [-0.39, 0.29) is 42.0 Å². The third-order valence-electron chi connectivity index (χ3n) is 8.95. The van der Waals surface area contributed by atoms with Gasteiger partial charge in [0.2, 0.25) is 17.7 Å². The zero-order valence-electron chi connectivity index (χ0n) is 28.0. The van der Waals surface area contributed by atoms with Crippen molar-refractivity contribution in [2.24, 2.45) is 11.8 Å². The second-order valence-corrected chi connectivity index (χ2v) is 12.9. The Morgan fingerprint density at radius 1 is 0.936 bits per heavy atom. The van der Waals surface area contributed by atoms with E-state index in [4.69, 9.17) is 4.74 Å². The SMILES string of the molecule is COC1CCC=Cc2cccc(c2)C(C)NC(=O)C2CCCN(N2)C(=O)C(Cc2cccc(O)c2)NC(=O)C(C(C)C)NC(=O)C1C. The maximum atomic E-state index is 14.0. The minimum Gasteiger partial charge on any atom is -0.508 e. The van der Waals surface area contributed by atoms with Gasteiger partial charge in [-0.15, -0.1) is 0 Å². The van der Waals surface area contributed by atoms with Crippen molar-refractivity contribution in [3.63, 3.8) is 0 Å². The van der Waals surface area contributed by atoms with Gasteiger partial charge in [0.1, 0.15) is 23.9 Å². The van der Waals surface area contributed by atoms with Crippen molar-refractivity contribution >= 4 is 29.7 Å². The predicted octanol–water partition coefficient (Wildman–Crippen LogP) is 3.39. The highest BCUT2D eigenvalue weighted by atomic mass is 16.5. The quantitative estimate of drug-likeness (QED) is 0.342. The molecule has 4 rings (SSSR count). The Morgan fingerprint density at radius 3 is 2.43 bits per heavy atom. The van der Waals surface area contributed by atoms with Gasteiger partial charge < -0.3 is 25.8 Å². The highest BCUT2D eigenvalue weighted by Crippen LogP contribution is 2.20. The van der Waals surface area contributed by atoms with Crippen LogP contribution in [0.5, 0.6) is 5.75 Å². The number of methoxy groups -OCH3 is 1. The first-order valence-electron chi connectivity index (χ1n) is 16.5. The van der Waals surface area contributed by atoms with E-state index in [2.05, 4.69) is 21.4 Å². The summed E-state index contributed by atoms with van der Waals surface area (Å²) in [5.74, 6) is -2.25. The average molecular weight is 648 g/mol. The van der Waals surface area contributed by atoms with Crippen molar-refractivity contribution in [1.82, 2.24) is 26.4 Å². The molecule has 2 heterocycles. The molecule has 4 amide bonds. The van der Waals surface area contributed by atoms with Crippen LogP contribution < -0.4 is 21.4 Å². The molecule has 254 valence electrons. The van der Waals surface area contributed by atoms with Crippen LogP contribution in [0.3, 0.4) is 0 Å². The van der Waals surface area contributed by atoms with E-state index in [0.717, 1.165) is 11.1 Å². The van der Waals surface area contributed by atoms with Crippen molar-refractivity contribution in [2.45, 2.75) is 90.1 Å². The number of benzene rings is 2. The first kappa shape index (κ1) is 35.6. The van der Waals surface area contributed by atoms with Gasteiger partial charge >= 0.3 is 0 Å². The van der Waals surface area contributed by atoms with E-state index >= 15 is 0 Å². The number of allylic oxidation sites excluding steroid dienone is 1. The number of carbonyl (C=O) groups is 4. The lowest BCUT2D eigenvalue weighted by Crippen LogP contribution is -2.63. The normalized spacial score (nSPS) is 26.9. The fourth-order valence-corrected chi connectivity index (χ4v) is 6.07. The van der Waals surface area contributed by atoms with E-state index in [1.54, 1.807) is 32.2 Å². The Morgan fingerprint density at radius 2 is 1.70 bits per heavy atom. The molecule has 1 fully saturated rings.